The Balaban J connectivity index is 2.42. The number of furan rings is 1. The Kier molecular flexibility index (Phi) is 1.22. The summed E-state index contributed by atoms with van der Waals surface area (Å²) in [7, 11) is 0. The van der Waals surface area contributed by atoms with Gasteiger partial charge in [0, 0.05) is 11.6 Å². The van der Waals surface area contributed by atoms with Crippen molar-refractivity contribution in [1.29, 1.82) is 0 Å². The topological polar surface area (TPSA) is 37.5 Å². The summed E-state index contributed by atoms with van der Waals surface area (Å²) in [6.07, 6.45) is 1.86. The summed E-state index contributed by atoms with van der Waals surface area (Å²) in [4.78, 5) is 4.14. The van der Waals surface area contributed by atoms with E-state index in [2.05, 4.69) is 10.3 Å². The molecule has 13 heavy (non-hydrogen) atoms. The van der Waals surface area contributed by atoms with Crippen LogP contribution >= 0.6 is 0 Å². The van der Waals surface area contributed by atoms with Gasteiger partial charge in [-0.3, -0.25) is 4.99 Å². The molecule has 1 aromatic heterocycles. The maximum absolute atomic E-state index is 5.59. The average molecular weight is 172 g/mol. The van der Waals surface area contributed by atoms with Crippen LogP contribution < -0.4 is 5.32 Å². The highest BCUT2D eigenvalue weighted by atomic mass is 16.4. The number of aliphatic imine (C=N–C) groups is 1. The number of nitrogens with zero attached hydrogens (tertiary/aromatic N) is 1. The van der Waals surface area contributed by atoms with Gasteiger partial charge in [-0.2, -0.15) is 0 Å². The molecule has 64 valence electrons. The van der Waals surface area contributed by atoms with E-state index in [4.69, 9.17) is 4.42 Å². The molecule has 0 fully saturated rings. The largest absolute Gasteiger partial charge is 0.440 e. The average Bonchev–Trinajstić information content (AvgIpc) is 2.56. The summed E-state index contributed by atoms with van der Waals surface area (Å²) in [5.74, 6) is 0.830. The maximum Gasteiger partial charge on any atom is 0.204 e. The summed E-state index contributed by atoms with van der Waals surface area (Å²) in [5, 5.41) is 4.21. The lowest BCUT2D eigenvalue weighted by Crippen LogP contribution is -2.04. The van der Waals surface area contributed by atoms with E-state index in [9.17, 15) is 0 Å². The second kappa shape index (κ2) is 2.36. The molecule has 3 heteroatoms. The monoisotopic (exact) mass is 172 g/mol. The van der Waals surface area contributed by atoms with Crippen LogP contribution in [0.1, 0.15) is 5.56 Å². The molecular weight excluding hydrogens is 164 g/mol. The van der Waals surface area contributed by atoms with Crippen LogP contribution in [0.2, 0.25) is 0 Å². The van der Waals surface area contributed by atoms with Gasteiger partial charge in [0.05, 0.1) is 5.56 Å². The third-order valence-electron chi connectivity index (χ3n) is 2.19. The Morgan fingerprint density at radius 2 is 2.23 bits per heavy atom. The summed E-state index contributed by atoms with van der Waals surface area (Å²) in [6, 6.07) is 7.97. The van der Waals surface area contributed by atoms with Gasteiger partial charge in [-0.1, -0.05) is 18.2 Å². The predicted octanol–water partition coefficient (Wildman–Crippen LogP) is 2.23. The highest BCUT2D eigenvalue weighted by Gasteiger charge is 2.13. The lowest BCUT2D eigenvalue weighted by molar-refractivity contribution is 0.625. The summed E-state index contributed by atoms with van der Waals surface area (Å²) >= 11 is 0. The minimum atomic E-state index is 0.604. The Morgan fingerprint density at radius 3 is 3.23 bits per heavy atom. The lowest BCUT2D eigenvalue weighted by atomic mass is 10.2. The van der Waals surface area contributed by atoms with Crippen molar-refractivity contribution in [2.24, 2.45) is 4.99 Å². The Labute approximate surface area is 75.1 Å². The van der Waals surface area contributed by atoms with Gasteiger partial charge in [0.2, 0.25) is 5.88 Å². The highest BCUT2D eigenvalue weighted by Crippen LogP contribution is 2.29. The van der Waals surface area contributed by atoms with Gasteiger partial charge < -0.3 is 9.73 Å². The number of hydrogen-bond acceptors (Lipinski definition) is 3. The normalized spacial score (nSPS) is 14.2. The van der Waals surface area contributed by atoms with Gasteiger partial charge in [0.25, 0.3) is 0 Å². The first-order valence-electron chi connectivity index (χ1n) is 4.20. The van der Waals surface area contributed by atoms with Crippen molar-refractivity contribution in [3.63, 3.8) is 0 Å². The number of fused-ring (bicyclic) bond motifs is 3. The number of benzene rings is 1. The van der Waals surface area contributed by atoms with Crippen LogP contribution in [0.5, 0.6) is 0 Å². The predicted molar refractivity (Wildman–Crippen MR) is 52.3 cm³/mol. The number of hydrogen-bond donors (Lipinski definition) is 1. The third kappa shape index (κ3) is 0.869. The summed E-state index contributed by atoms with van der Waals surface area (Å²) in [5.41, 5.74) is 1.97. The first-order valence-corrected chi connectivity index (χ1v) is 4.20. The number of nitrogens with one attached hydrogen (secondary N) is 1. The molecule has 0 radical (unpaired) electrons. The van der Waals surface area contributed by atoms with Crippen LogP contribution in [0.4, 0.5) is 5.88 Å². The zero-order valence-electron chi connectivity index (χ0n) is 6.95. The van der Waals surface area contributed by atoms with Gasteiger partial charge in [-0.25, -0.2) is 0 Å². The van der Waals surface area contributed by atoms with Crippen LogP contribution in [0.15, 0.2) is 33.7 Å². The second-order valence-corrected chi connectivity index (χ2v) is 2.99. The van der Waals surface area contributed by atoms with E-state index in [1.54, 1.807) is 0 Å². The quantitative estimate of drug-likeness (QED) is 0.661. The van der Waals surface area contributed by atoms with Crippen molar-refractivity contribution in [3.8, 4) is 0 Å². The molecule has 1 aliphatic heterocycles. The fourth-order valence-electron chi connectivity index (χ4n) is 1.58. The van der Waals surface area contributed by atoms with Crippen LogP contribution in [0.25, 0.3) is 11.0 Å². The van der Waals surface area contributed by atoms with E-state index >= 15 is 0 Å². The SMILES string of the molecule is C1=NCNc2oc3ccccc3c21. The molecular formula is C10H8N2O. The van der Waals surface area contributed by atoms with Crippen molar-refractivity contribution in [1.82, 2.24) is 0 Å². The molecule has 0 saturated heterocycles. The summed E-state index contributed by atoms with van der Waals surface area (Å²) < 4.78 is 5.59. The fourth-order valence-corrected chi connectivity index (χ4v) is 1.58. The van der Waals surface area contributed by atoms with E-state index in [0.717, 1.165) is 22.4 Å². The van der Waals surface area contributed by atoms with Gasteiger partial charge >= 0.3 is 0 Å². The van der Waals surface area contributed by atoms with Crippen molar-refractivity contribution in [3.05, 3.63) is 29.8 Å². The molecule has 0 unspecified atom stereocenters. The van der Waals surface area contributed by atoms with Gasteiger partial charge in [0.15, 0.2) is 0 Å². The fraction of sp³-hybridized carbons (Fsp3) is 0.100. The van der Waals surface area contributed by atoms with E-state index in [1.807, 2.05) is 30.5 Å². The molecule has 1 aliphatic rings. The minimum Gasteiger partial charge on any atom is -0.440 e. The Hall–Kier alpha value is -1.77. The van der Waals surface area contributed by atoms with Gasteiger partial charge in [-0.05, 0) is 6.07 Å². The van der Waals surface area contributed by atoms with E-state index in [-0.39, 0.29) is 0 Å². The molecule has 2 heterocycles. The molecule has 1 aromatic carbocycles. The molecule has 0 bridgehead atoms. The summed E-state index contributed by atoms with van der Waals surface area (Å²) in [6.45, 7) is 0.604. The third-order valence-corrected chi connectivity index (χ3v) is 2.19. The van der Waals surface area contributed by atoms with E-state index in [0.29, 0.717) is 6.67 Å². The van der Waals surface area contributed by atoms with Crippen molar-refractivity contribution < 1.29 is 4.42 Å². The van der Waals surface area contributed by atoms with Gasteiger partial charge in [0.1, 0.15) is 12.3 Å². The van der Waals surface area contributed by atoms with E-state index < -0.39 is 0 Å². The maximum atomic E-state index is 5.59. The minimum absolute atomic E-state index is 0.604. The van der Waals surface area contributed by atoms with Crippen LogP contribution in [-0.2, 0) is 0 Å². The van der Waals surface area contributed by atoms with Crippen LogP contribution in [0.3, 0.4) is 0 Å². The molecule has 0 spiro atoms. The van der Waals surface area contributed by atoms with Crippen LogP contribution in [0, 0.1) is 0 Å². The number of rotatable bonds is 0. The molecule has 1 N–H and O–H groups in total. The molecule has 0 amide bonds. The zero-order chi connectivity index (χ0) is 8.67. The molecule has 0 aliphatic carbocycles. The smallest absolute Gasteiger partial charge is 0.204 e. The highest BCUT2D eigenvalue weighted by molar-refractivity contribution is 6.03. The molecule has 0 atom stereocenters. The Bertz CT molecular complexity index is 485. The van der Waals surface area contributed by atoms with Crippen molar-refractivity contribution in [2.75, 3.05) is 12.0 Å². The molecule has 0 saturated carbocycles. The first-order chi connectivity index (χ1) is 6.45. The zero-order valence-corrected chi connectivity index (χ0v) is 6.95. The molecule has 3 rings (SSSR count). The Morgan fingerprint density at radius 1 is 1.31 bits per heavy atom. The lowest BCUT2D eigenvalue weighted by Gasteiger charge is -2.04. The molecule has 3 nitrogen and oxygen atoms in total. The van der Waals surface area contributed by atoms with Crippen molar-refractivity contribution >= 4 is 23.1 Å². The first kappa shape index (κ1) is 6.71. The number of anilines is 1. The number of para-hydroxylation sites is 1. The second-order valence-electron chi connectivity index (χ2n) is 2.99. The molecule has 2 aromatic rings. The van der Waals surface area contributed by atoms with Gasteiger partial charge in [-0.15, -0.1) is 0 Å². The van der Waals surface area contributed by atoms with Crippen molar-refractivity contribution in [2.45, 2.75) is 0 Å². The van der Waals surface area contributed by atoms with E-state index in [1.165, 1.54) is 0 Å². The standard InChI is InChI=1S/C10H8N2O/c1-2-4-9-7(3-1)8-5-11-6-12-10(8)13-9/h1-5,12H,6H2. The van der Waals surface area contributed by atoms with Crippen LogP contribution in [-0.4, -0.2) is 12.9 Å².